The van der Waals surface area contributed by atoms with Gasteiger partial charge < -0.3 is 9.64 Å². The molecule has 2 aromatic rings. The summed E-state index contributed by atoms with van der Waals surface area (Å²) in [6, 6.07) is 1.85. The zero-order valence-electron chi connectivity index (χ0n) is 14.7. The molecule has 2 fully saturated rings. The van der Waals surface area contributed by atoms with Gasteiger partial charge in [0.2, 0.25) is 0 Å². The van der Waals surface area contributed by atoms with Crippen molar-refractivity contribution < 1.29 is 9.53 Å². The quantitative estimate of drug-likeness (QED) is 0.902. The average molecular weight is 344 g/mol. The second kappa shape index (κ2) is 6.29. The number of ether oxygens (including phenoxy) is 1. The normalized spacial score (nSPS) is 24.2. The van der Waals surface area contributed by atoms with Crippen LogP contribution in [0.25, 0.3) is 5.65 Å². The van der Waals surface area contributed by atoms with E-state index in [1.54, 1.807) is 6.92 Å². The Morgan fingerprint density at radius 3 is 2.88 bits per heavy atom. The summed E-state index contributed by atoms with van der Waals surface area (Å²) in [7, 11) is 0. The van der Waals surface area contributed by atoms with E-state index in [0.717, 1.165) is 50.0 Å². The molecule has 25 heavy (non-hydrogen) atoms. The first-order valence-electron chi connectivity index (χ1n) is 9.07. The highest BCUT2D eigenvalue weighted by atomic mass is 16.5. The molecule has 0 bridgehead atoms. The number of rotatable bonds is 2. The highest BCUT2D eigenvalue weighted by Gasteiger charge is 2.35. The first-order valence-corrected chi connectivity index (χ1v) is 9.07. The molecule has 0 radical (unpaired) electrons. The number of aromatic amines is 1. The minimum Gasteiger partial charge on any atom is -0.368 e. The van der Waals surface area contributed by atoms with Crippen LogP contribution in [0.3, 0.4) is 0 Å². The van der Waals surface area contributed by atoms with Crippen molar-refractivity contribution in [2.45, 2.75) is 58.1 Å². The van der Waals surface area contributed by atoms with Gasteiger partial charge in [-0.15, -0.1) is 0 Å². The average Bonchev–Trinajstić information content (AvgIpc) is 3.29. The van der Waals surface area contributed by atoms with Crippen molar-refractivity contribution >= 4 is 11.6 Å². The molecule has 2 aliphatic rings. The van der Waals surface area contributed by atoms with Crippen LogP contribution in [0, 0.1) is 13.8 Å². The number of H-pyrrole nitrogens is 1. The molecule has 2 aliphatic heterocycles. The van der Waals surface area contributed by atoms with Crippen LogP contribution < -0.4 is 5.56 Å². The van der Waals surface area contributed by atoms with Gasteiger partial charge >= 0.3 is 0 Å². The van der Waals surface area contributed by atoms with Gasteiger partial charge in [0.1, 0.15) is 6.10 Å². The third-order valence-electron chi connectivity index (χ3n) is 5.45. The predicted octanol–water partition coefficient (Wildman–Crippen LogP) is 1.87. The minimum atomic E-state index is -0.310. The number of aryl methyl sites for hydroxylation is 1. The van der Waals surface area contributed by atoms with Gasteiger partial charge in [-0.1, -0.05) is 0 Å². The smallest absolute Gasteiger partial charge is 0.275 e. The van der Waals surface area contributed by atoms with Crippen molar-refractivity contribution in [3.63, 3.8) is 0 Å². The number of amides is 1. The molecule has 2 aromatic heterocycles. The van der Waals surface area contributed by atoms with E-state index in [-0.39, 0.29) is 23.6 Å². The molecule has 0 saturated carbocycles. The van der Waals surface area contributed by atoms with Crippen LogP contribution in [0.2, 0.25) is 0 Å². The van der Waals surface area contributed by atoms with Gasteiger partial charge in [-0.2, -0.15) is 0 Å². The maximum Gasteiger partial charge on any atom is 0.275 e. The Balaban J connectivity index is 1.71. The number of fused-ring (bicyclic) bond motifs is 1. The van der Waals surface area contributed by atoms with Crippen LogP contribution in [0.1, 0.15) is 55.1 Å². The summed E-state index contributed by atoms with van der Waals surface area (Å²) >= 11 is 0. The van der Waals surface area contributed by atoms with Gasteiger partial charge in [-0.25, -0.2) is 9.50 Å². The highest BCUT2D eigenvalue weighted by Crippen LogP contribution is 2.32. The maximum absolute atomic E-state index is 12.9. The summed E-state index contributed by atoms with van der Waals surface area (Å²) in [5.41, 5.74) is 2.79. The van der Waals surface area contributed by atoms with Crippen molar-refractivity contribution in [3.05, 3.63) is 33.4 Å². The third-order valence-corrected chi connectivity index (χ3v) is 5.45. The lowest BCUT2D eigenvalue weighted by molar-refractivity contribution is -0.145. The Hall–Kier alpha value is -2.15. The van der Waals surface area contributed by atoms with Crippen molar-refractivity contribution in [2.24, 2.45) is 0 Å². The number of carbonyl (C=O) groups is 1. The molecular formula is C18H24N4O3. The van der Waals surface area contributed by atoms with Gasteiger partial charge in [0.15, 0.2) is 5.65 Å². The maximum atomic E-state index is 12.9. The van der Waals surface area contributed by atoms with Gasteiger partial charge in [0.25, 0.3) is 11.5 Å². The lowest BCUT2D eigenvalue weighted by Crippen LogP contribution is -2.44. The summed E-state index contributed by atoms with van der Waals surface area (Å²) in [4.78, 5) is 31.8. The van der Waals surface area contributed by atoms with E-state index >= 15 is 0 Å². The lowest BCUT2D eigenvalue weighted by atomic mass is 9.98. The van der Waals surface area contributed by atoms with Crippen LogP contribution in [0.5, 0.6) is 0 Å². The Kier molecular flexibility index (Phi) is 4.11. The number of nitrogens with zero attached hydrogens (tertiary/aromatic N) is 3. The second-order valence-electron chi connectivity index (χ2n) is 7.08. The summed E-state index contributed by atoms with van der Waals surface area (Å²) in [5, 5.41) is 3.18. The SMILES string of the molecule is Cc1nc2cc([C@@H]3CCCCN3C(=O)[C@@H]3CCCO3)[nH]n2c(=O)c1C. The summed E-state index contributed by atoms with van der Waals surface area (Å²) in [6.45, 7) is 5.03. The number of carbonyl (C=O) groups excluding carboxylic acids is 1. The fourth-order valence-electron chi connectivity index (χ4n) is 3.88. The van der Waals surface area contributed by atoms with E-state index in [1.807, 2.05) is 17.9 Å². The molecule has 0 aliphatic carbocycles. The fraction of sp³-hybridized carbons (Fsp3) is 0.611. The fourth-order valence-corrected chi connectivity index (χ4v) is 3.88. The van der Waals surface area contributed by atoms with Gasteiger partial charge in [-0.3, -0.25) is 14.7 Å². The van der Waals surface area contributed by atoms with Crippen molar-refractivity contribution in [1.29, 1.82) is 0 Å². The van der Waals surface area contributed by atoms with E-state index in [0.29, 0.717) is 17.8 Å². The van der Waals surface area contributed by atoms with Crippen LogP contribution in [-0.2, 0) is 9.53 Å². The number of piperidine rings is 1. The number of hydrogen-bond donors (Lipinski definition) is 1. The molecule has 7 nitrogen and oxygen atoms in total. The first kappa shape index (κ1) is 16.3. The zero-order chi connectivity index (χ0) is 17.6. The lowest BCUT2D eigenvalue weighted by Gasteiger charge is -2.36. The van der Waals surface area contributed by atoms with Crippen LogP contribution in [0.15, 0.2) is 10.9 Å². The van der Waals surface area contributed by atoms with E-state index in [4.69, 9.17) is 4.74 Å². The third kappa shape index (κ3) is 2.76. The van der Waals surface area contributed by atoms with E-state index in [2.05, 4.69) is 10.1 Å². The number of hydrogen-bond acceptors (Lipinski definition) is 4. The molecule has 1 amide bonds. The molecular weight excluding hydrogens is 320 g/mol. The van der Waals surface area contributed by atoms with E-state index < -0.39 is 0 Å². The first-order chi connectivity index (χ1) is 12.1. The minimum absolute atomic E-state index is 0.0489. The van der Waals surface area contributed by atoms with E-state index in [1.165, 1.54) is 4.52 Å². The molecule has 2 saturated heterocycles. The molecule has 4 heterocycles. The largest absolute Gasteiger partial charge is 0.368 e. The number of aromatic nitrogens is 3. The number of likely N-dealkylation sites (tertiary alicyclic amines) is 1. The van der Waals surface area contributed by atoms with Crippen LogP contribution >= 0.6 is 0 Å². The molecule has 2 atom stereocenters. The Labute approximate surface area is 146 Å². The Bertz CT molecular complexity index is 863. The second-order valence-corrected chi connectivity index (χ2v) is 7.08. The molecule has 1 N–H and O–H groups in total. The topological polar surface area (TPSA) is 79.7 Å². The van der Waals surface area contributed by atoms with Gasteiger partial charge in [-0.05, 0) is 46.0 Å². The Morgan fingerprint density at radius 1 is 1.28 bits per heavy atom. The summed E-state index contributed by atoms with van der Waals surface area (Å²) in [6.07, 6.45) is 4.39. The summed E-state index contributed by atoms with van der Waals surface area (Å²) in [5.74, 6) is 0.0773. The molecule has 4 rings (SSSR count). The molecule has 0 unspecified atom stereocenters. The molecule has 0 spiro atoms. The Morgan fingerprint density at radius 2 is 2.12 bits per heavy atom. The van der Waals surface area contributed by atoms with Crippen molar-refractivity contribution in [2.75, 3.05) is 13.2 Å². The zero-order valence-corrected chi connectivity index (χ0v) is 14.7. The molecule has 0 aromatic carbocycles. The van der Waals surface area contributed by atoms with Crippen molar-refractivity contribution in [3.8, 4) is 0 Å². The number of nitrogens with one attached hydrogen (secondary N) is 1. The summed E-state index contributed by atoms with van der Waals surface area (Å²) < 4.78 is 7.08. The van der Waals surface area contributed by atoms with Crippen LogP contribution in [-0.4, -0.2) is 44.7 Å². The van der Waals surface area contributed by atoms with Crippen LogP contribution in [0.4, 0.5) is 0 Å². The standard InChI is InChI=1S/C18H24N4O3/c1-11-12(2)19-16-10-13(20-22(16)17(11)23)14-6-3-4-8-21(14)18(24)15-7-5-9-25-15/h10,14-15,20H,3-9H2,1-2H3/t14-,15-/m0/s1. The molecule has 134 valence electrons. The van der Waals surface area contributed by atoms with Gasteiger partial charge in [0.05, 0.1) is 11.7 Å². The monoisotopic (exact) mass is 344 g/mol. The molecule has 7 heteroatoms. The predicted molar refractivity (Wildman–Crippen MR) is 92.6 cm³/mol. The van der Waals surface area contributed by atoms with Gasteiger partial charge in [0, 0.05) is 30.5 Å². The van der Waals surface area contributed by atoms with E-state index in [9.17, 15) is 9.59 Å². The van der Waals surface area contributed by atoms with Crippen molar-refractivity contribution in [1.82, 2.24) is 19.5 Å². The highest BCUT2D eigenvalue weighted by molar-refractivity contribution is 5.81.